The number of aromatic amines is 1. The topological polar surface area (TPSA) is 91.1 Å². The van der Waals surface area contributed by atoms with Gasteiger partial charge in [0.15, 0.2) is 5.82 Å². The van der Waals surface area contributed by atoms with Gasteiger partial charge in [0, 0.05) is 43.7 Å². The number of anilines is 1. The zero-order chi connectivity index (χ0) is 17.6. The first kappa shape index (κ1) is 18.1. The average Bonchev–Trinajstić information content (AvgIpc) is 3.16. The van der Waals surface area contributed by atoms with Crippen molar-refractivity contribution in [2.24, 2.45) is 5.92 Å². The van der Waals surface area contributed by atoms with Crippen LogP contribution < -0.4 is 5.73 Å². The molecule has 7 heteroatoms. The maximum atomic E-state index is 10.4. The molecule has 134 valence electrons. The van der Waals surface area contributed by atoms with Gasteiger partial charge >= 0.3 is 0 Å². The van der Waals surface area contributed by atoms with Gasteiger partial charge in [0.25, 0.3) is 0 Å². The van der Waals surface area contributed by atoms with Crippen LogP contribution in [0.1, 0.15) is 24.8 Å². The number of nitrogens with one attached hydrogen (secondary N) is 1. The zero-order valence-corrected chi connectivity index (χ0v) is 15.1. The second-order valence-corrected chi connectivity index (χ2v) is 7.70. The van der Waals surface area contributed by atoms with E-state index in [1.807, 2.05) is 18.0 Å². The van der Waals surface area contributed by atoms with Crippen molar-refractivity contribution >= 4 is 28.6 Å². The molecule has 25 heavy (non-hydrogen) atoms. The monoisotopic (exact) mass is 359 g/mol. The molecule has 4 N–H and O–H groups in total. The fraction of sp³-hybridized carbons (Fsp3) is 0.556. The molecule has 0 amide bonds. The Morgan fingerprint density at radius 2 is 2.28 bits per heavy atom. The molecule has 0 aromatic carbocycles. The predicted molar refractivity (Wildman–Crippen MR) is 103 cm³/mol. The Hall–Kier alpha value is -1.75. The fourth-order valence-electron chi connectivity index (χ4n) is 3.27. The number of nitrogens with two attached hydrogens (primary N) is 1. The number of β-amino-alcohol motifs (C(OH)–C–C–N with tert-alkyl or cyclic N) is 1. The fourth-order valence-corrected chi connectivity index (χ4v) is 4.48. The molecule has 1 saturated heterocycles. The molecule has 2 aromatic rings. The normalized spacial score (nSPS) is 21.0. The van der Waals surface area contributed by atoms with Crippen LogP contribution in [0.4, 0.5) is 5.82 Å². The number of likely N-dealkylation sites (tertiary alicyclic amines) is 1. The van der Waals surface area contributed by atoms with Gasteiger partial charge in [0.1, 0.15) is 11.8 Å². The number of unbranched alkanes of at least 4 members (excludes halogenated alkanes) is 2. The number of hydrogen-bond donors (Lipinski definition) is 3. The molecular formula is C18H25N5OS. The van der Waals surface area contributed by atoms with Crippen molar-refractivity contribution in [1.82, 2.24) is 19.9 Å². The summed E-state index contributed by atoms with van der Waals surface area (Å²) in [4.78, 5) is 13.8. The van der Waals surface area contributed by atoms with E-state index in [9.17, 15) is 5.11 Å². The highest BCUT2D eigenvalue weighted by molar-refractivity contribution is 7.99. The van der Waals surface area contributed by atoms with E-state index in [-0.39, 0.29) is 6.10 Å². The van der Waals surface area contributed by atoms with E-state index in [0.29, 0.717) is 18.3 Å². The Labute approximate surface area is 152 Å². The molecular weight excluding hydrogens is 334 g/mol. The highest BCUT2D eigenvalue weighted by Crippen LogP contribution is 2.26. The number of nitrogens with zero attached hydrogens (tertiary/aromatic N) is 3. The van der Waals surface area contributed by atoms with Crippen LogP contribution in [0.3, 0.4) is 0 Å². The minimum atomic E-state index is -0.261. The highest BCUT2D eigenvalue weighted by Gasteiger charge is 2.31. The van der Waals surface area contributed by atoms with Crippen molar-refractivity contribution in [3.8, 4) is 12.3 Å². The number of nitrogen functional groups attached to an aromatic ring is 1. The molecule has 6 nitrogen and oxygen atoms in total. The van der Waals surface area contributed by atoms with Crippen LogP contribution in [0.15, 0.2) is 12.5 Å². The minimum absolute atomic E-state index is 0.261. The maximum absolute atomic E-state index is 10.4. The summed E-state index contributed by atoms with van der Waals surface area (Å²) in [6.07, 6.45) is 11.5. The third-order valence-electron chi connectivity index (χ3n) is 4.64. The van der Waals surface area contributed by atoms with Crippen LogP contribution in [0.25, 0.3) is 11.0 Å². The minimum Gasteiger partial charge on any atom is -0.391 e. The number of terminal acetylenes is 1. The number of thioether (sulfide) groups is 1. The van der Waals surface area contributed by atoms with Crippen LogP contribution >= 0.6 is 11.8 Å². The van der Waals surface area contributed by atoms with Gasteiger partial charge < -0.3 is 15.8 Å². The molecule has 1 aliphatic heterocycles. The second-order valence-electron chi connectivity index (χ2n) is 6.55. The number of aliphatic hydroxyl groups is 1. The van der Waals surface area contributed by atoms with Crippen LogP contribution in [0.2, 0.25) is 0 Å². The molecule has 0 saturated carbocycles. The van der Waals surface area contributed by atoms with Gasteiger partial charge in [0.05, 0.1) is 11.6 Å². The van der Waals surface area contributed by atoms with Gasteiger partial charge in [-0.1, -0.05) is 0 Å². The third kappa shape index (κ3) is 4.46. The molecule has 3 heterocycles. The Kier molecular flexibility index (Phi) is 6.19. The first-order valence-electron chi connectivity index (χ1n) is 8.67. The van der Waals surface area contributed by atoms with Crippen molar-refractivity contribution in [1.29, 1.82) is 0 Å². The molecule has 0 unspecified atom stereocenters. The molecule has 0 radical (unpaired) electrons. The first-order chi connectivity index (χ1) is 12.2. The summed E-state index contributed by atoms with van der Waals surface area (Å²) in [5, 5.41) is 10.4. The second kappa shape index (κ2) is 8.56. The highest BCUT2D eigenvalue weighted by atomic mass is 32.2. The van der Waals surface area contributed by atoms with Gasteiger partial charge in [-0.2, -0.15) is 11.8 Å². The van der Waals surface area contributed by atoms with Gasteiger partial charge in [0.2, 0.25) is 0 Å². The van der Waals surface area contributed by atoms with Crippen LogP contribution in [-0.4, -0.2) is 55.7 Å². The summed E-state index contributed by atoms with van der Waals surface area (Å²) in [6.45, 7) is 2.37. The molecule has 0 spiro atoms. The molecule has 0 bridgehead atoms. The average molecular weight is 359 g/mol. The molecule has 2 aromatic heterocycles. The van der Waals surface area contributed by atoms with Gasteiger partial charge in [-0.25, -0.2) is 9.97 Å². The summed E-state index contributed by atoms with van der Waals surface area (Å²) >= 11 is 1.92. The van der Waals surface area contributed by atoms with Crippen LogP contribution in [0.5, 0.6) is 0 Å². The van der Waals surface area contributed by atoms with E-state index in [2.05, 4.69) is 25.8 Å². The molecule has 1 fully saturated rings. The van der Waals surface area contributed by atoms with E-state index in [4.69, 9.17) is 12.2 Å². The lowest BCUT2D eigenvalue weighted by molar-refractivity contribution is 0.149. The zero-order valence-electron chi connectivity index (χ0n) is 14.3. The lowest BCUT2D eigenvalue weighted by atomic mass is 10.1. The Balaban J connectivity index is 1.50. The number of fused-ring (bicyclic) bond motifs is 1. The smallest absolute Gasteiger partial charge is 0.151 e. The van der Waals surface area contributed by atoms with Crippen molar-refractivity contribution in [2.45, 2.75) is 31.9 Å². The summed E-state index contributed by atoms with van der Waals surface area (Å²) in [7, 11) is 0. The molecule has 3 rings (SSSR count). The number of rotatable bonds is 8. The molecule has 0 aliphatic carbocycles. The standard InChI is InChI=1S/C18H25N5OS/c1-2-3-4-5-6-25-11-14-9-23(10-15(14)24)8-13-7-20-17-16(13)21-12-22-18(17)19/h1,7,12,14-15,20,24H,3-6,8-11H2,(H2,19,21,22)/t14-,15-/m1/s1. The largest absolute Gasteiger partial charge is 0.391 e. The SMILES string of the molecule is C#CCCCCSC[C@H]1CN(Cc2c[nH]c3c(N)ncnc23)C[C@H]1O. The molecule has 2 atom stereocenters. The number of aromatic nitrogens is 3. The lowest BCUT2D eigenvalue weighted by Gasteiger charge is -2.14. The van der Waals surface area contributed by atoms with Crippen LogP contribution in [-0.2, 0) is 6.54 Å². The Morgan fingerprint density at radius 3 is 3.12 bits per heavy atom. The van der Waals surface area contributed by atoms with Crippen molar-refractivity contribution in [3.63, 3.8) is 0 Å². The van der Waals surface area contributed by atoms with E-state index >= 15 is 0 Å². The van der Waals surface area contributed by atoms with Crippen LogP contribution in [0, 0.1) is 18.3 Å². The van der Waals surface area contributed by atoms with Gasteiger partial charge in [-0.05, 0) is 24.3 Å². The summed E-state index contributed by atoms with van der Waals surface area (Å²) in [6, 6.07) is 0. The van der Waals surface area contributed by atoms with E-state index in [0.717, 1.165) is 60.5 Å². The first-order valence-corrected chi connectivity index (χ1v) is 9.82. The quantitative estimate of drug-likeness (QED) is 0.492. The number of H-pyrrole nitrogens is 1. The molecule has 1 aliphatic rings. The third-order valence-corrected chi connectivity index (χ3v) is 5.88. The summed E-state index contributed by atoms with van der Waals surface area (Å²) in [5.74, 6) is 5.58. The summed E-state index contributed by atoms with van der Waals surface area (Å²) < 4.78 is 0. The van der Waals surface area contributed by atoms with E-state index < -0.39 is 0 Å². The Morgan fingerprint density at radius 1 is 1.40 bits per heavy atom. The van der Waals surface area contributed by atoms with E-state index in [1.165, 1.54) is 6.33 Å². The number of aliphatic hydroxyl groups excluding tert-OH is 1. The Bertz CT molecular complexity index is 741. The van der Waals surface area contributed by atoms with Crippen molar-refractivity contribution in [2.75, 3.05) is 30.3 Å². The number of hydrogen-bond acceptors (Lipinski definition) is 6. The van der Waals surface area contributed by atoms with E-state index in [1.54, 1.807) is 0 Å². The lowest BCUT2D eigenvalue weighted by Crippen LogP contribution is -2.21. The maximum Gasteiger partial charge on any atom is 0.151 e. The van der Waals surface area contributed by atoms with Gasteiger partial charge in [-0.15, -0.1) is 12.3 Å². The summed E-state index contributed by atoms with van der Waals surface area (Å²) in [5.41, 5.74) is 8.62. The predicted octanol–water partition coefficient (Wildman–Crippen LogP) is 1.87. The van der Waals surface area contributed by atoms with Gasteiger partial charge in [-0.3, -0.25) is 4.90 Å². The van der Waals surface area contributed by atoms with Crippen molar-refractivity contribution < 1.29 is 5.11 Å². The van der Waals surface area contributed by atoms with Crippen molar-refractivity contribution in [3.05, 3.63) is 18.1 Å².